The van der Waals surface area contributed by atoms with Crippen LogP contribution in [0, 0.1) is 12.8 Å². The Morgan fingerprint density at radius 1 is 1.09 bits per heavy atom. The van der Waals surface area contributed by atoms with E-state index in [4.69, 9.17) is 0 Å². The molecule has 0 radical (unpaired) electrons. The molecule has 34 heavy (non-hydrogen) atoms. The fraction of sp³-hybridized carbons (Fsp3) is 0.250. The summed E-state index contributed by atoms with van der Waals surface area (Å²) in [6.45, 7) is 6.18. The van der Waals surface area contributed by atoms with Crippen molar-refractivity contribution in [1.29, 1.82) is 0 Å². The summed E-state index contributed by atoms with van der Waals surface area (Å²) in [5, 5.41) is 4.05. The number of amides is 2. The van der Waals surface area contributed by atoms with Gasteiger partial charge in [0.15, 0.2) is 0 Å². The standard InChI is InChI=1S/C28H28N4O2/c1-17(2)15-24(27(33)31-19-9-8-14-29-16-19)32-26(20-10-4-5-11-21(20)28(32)34)25-18(3)30-23-13-7-6-12-22(23)25/h4-14,16-17,24,26,30H,15H2,1-3H3,(H,31,33). The predicted molar refractivity (Wildman–Crippen MR) is 134 cm³/mol. The highest BCUT2D eigenvalue weighted by Crippen LogP contribution is 2.44. The monoisotopic (exact) mass is 452 g/mol. The summed E-state index contributed by atoms with van der Waals surface area (Å²) in [5.74, 6) is -0.103. The number of anilines is 1. The maximum Gasteiger partial charge on any atom is 0.255 e. The molecule has 2 amide bonds. The molecule has 2 unspecified atom stereocenters. The van der Waals surface area contributed by atoms with Crippen molar-refractivity contribution in [3.05, 3.63) is 95.4 Å². The van der Waals surface area contributed by atoms with E-state index >= 15 is 0 Å². The lowest BCUT2D eigenvalue weighted by molar-refractivity contribution is -0.121. The molecular weight excluding hydrogens is 424 g/mol. The van der Waals surface area contributed by atoms with Crippen molar-refractivity contribution in [3.63, 3.8) is 0 Å². The Hall–Kier alpha value is -3.93. The van der Waals surface area contributed by atoms with E-state index in [0.717, 1.165) is 27.7 Å². The van der Waals surface area contributed by atoms with Crippen LogP contribution in [0.1, 0.15) is 53.5 Å². The number of aromatic amines is 1. The van der Waals surface area contributed by atoms with E-state index in [2.05, 4.69) is 35.2 Å². The Morgan fingerprint density at radius 2 is 1.85 bits per heavy atom. The maximum absolute atomic E-state index is 13.9. The van der Waals surface area contributed by atoms with Crippen LogP contribution in [0.2, 0.25) is 0 Å². The topological polar surface area (TPSA) is 78.1 Å². The van der Waals surface area contributed by atoms with Gasteiger partial charge in [-0.25, -0.2) is 0 Å². The van der Waals surface area contributed by atoms with Gasteiger partial charge < -0.3 is 15.2 Å². The van der Waals surface area contributed by atoms with Crippen molar-refractivity contribution in [3.8, 4) is 0 Å². The molecule has 2 N–H and O–H groups in total. The molecule has 2 aromatic heterocycles. The second-order valence-electron chi connectivity index (χ2n) is 9.29. The van der Waals surface area contributed by atoms with Gasteiger partial charge in [0.2, 0.25) is 5.91 Å². The number of hydrogen-bond acceptors (Lipinski definition) is 3. The van der Waals surface area contributed by atoms with Crippen LogP contribution in [0.15, 0.2) is 73.1 Å². The van der Waals surface area contributed by atoms with E-state index in [-0.39, 0.29) is 23.8 Å². The molecule has 2 aromatic carbocycles. The number of para-hydroxylation sites is 1. The lowest BCUT2D eigenvalue weighted by Gasteiger charge is -2.34. The molecule has 3 heterocycles. The molecule has 5 rings (SSSR count). The van der Waals surface area contributed by atoms with E-state index in [1.807, 2.05) is 49.4 Å². The van der Waals surface area contributed by atoms with E-state index in [9.17, 15) is 9.59 Å². The lowest BCUT2D eigenvalue weighted by Crippen LogP contribution is -2.47. The second kappa shape index (κ2) is 8.78. The molecule has 172 valence electrons. The van der Waals surface area contributed by atoms with E-state index < -0.39 is 6.04 Å². The smallest absolute Gasteiger partial charge is 0.255 e. The van der Waals surface area contributed by atoms with Crippen LogP contribution >= 0.6 is 0 Å². The number of fused-ring (bicyclic) bond motifs is 2. The normalized spacial score (nSPS) is 16.2. The van der Waals surface area contributed by atoms with Crippen molar-refractivity contribution in [1.82, 2.24) is 14.9 Å². The van der Waals surface area contributed by atoms with Crippen LogP contribution in [-0.4, -0.2) is 32.7 Å². The molecule has 6 heteroatoms. The minimum atomic E-state index is -0.641. The third-order valence-corrected chi connectivity index (χ3v) is 6.48. The number of aromatic nitrogens is 2. The molecule has 4 aromatic rings. The predicted octanol–water partition coefficient (Wildman–Crippen LogP) is 5.47. The first-order chi connectivity index (χ1) is 16.5. The van der Waals surface area contributed by atoms with Crippen LogP contribution in [0.4, 0.5) is 5.69 Å². The maximum atomic E-state index is 13.9. The minimum Gasteiger partial charge on any atom is -0.358 e. The van der Waals surface area contributed by atoms with Crippen molar-refractivity contribution in [2.75, 3.05) is 5.32 Å². The number of hydrogen-bond donors (Lipinski definition) is 2. The van der Waals surface area contributed by atoms with Gasteiger partial charge in [-0.1, -0.05) is 50.2 Å². The van der Waals surface area contributed by atoms with Gasteiger partial charge >= 0.3 is 0 Å². The Morgan fingerprint density at radius 3 is 2.62 bits per heavy atom. The number of rotatable bonds is 6. The molecule has 6 nitrogen and oxygen atoms in total. The summed E-state index contributed by atoms with van der Waals surface area (Å²) >= 11 is 0. The number of pyridine rings is 1. The van der Waals surface area contributed by atoms with Gasteiger partial charge in [0, 0.05) is 33.9 Å². The second-order valence-corrected chi connectivity index (χ2v) is 9.29. The van der Waals surface area contributed by atoms with E-state index in [0.29, 0.717) is 17.7 Å². The molecule has 0 saturated heterocycles. The molecule has 0 spiro atoms. The zero-order valence-corrected chi connectivity index (χ0v) is 19.6. The first kappa shape index (κ1) is 21.9. The van der Waals surface area contributed by atoms with Gasteiger partial charge in [0.1, 0.15) is 6.04 Å². The summed E-state index contributed by atoms with van der Waals surface area (Å²) < 4.78 is 0. The third kappa shape index (κ3) is 3.75. The number of nitrogens with one attached hydrogen (secondary N) is 2. The molecule has 0 saturated carbocycles. The highest BCUT2D eigenvalue weighted by atomic mass is 16.2. The van der Waals surface area contributed by atoms with Gasteiger partial charge in [-0.15, -0.1) is 0 Å². The number of carbonyl (C=O) groups excluding carboxylic acids is 2. The Labute approximate surface area is 199 Å². The largest absolute Gasteiger partial charge is 0.358 e. The number of H-pyrrole nitrogens is 1. The Bertz CT molecular complexity index is 1360. The number of aryl methyl sites for hydroxylation is 1. The van der Waals surface area contributed by atoms with Crippen LogP contribution in [0.25, 0.3) is 10.9 Å². The number of carbonyl (C=O) groups is 2. The molecular formula is C28H28N4O2. The average Bonchev–Trinajstić information content (AvgIpc) is 3.31. The summed E-state index contributed by atoms with van der Waals surface area (Å²) in [6, 6.07) is 18.4. The first-order valence-corrected chi connectivity index (χ1v) is 11.7. The quantitative estimate of drug-likeness (QED) is 0.407. The van der Waals surface area contributed by atoms with Gasteiger partial charge in [-0.2, -0.15) is 0 Å². The van der Waals surface area contributed by atoms with Gasteiger partial charge in [0.05, 0.1) is 17.9 Å². The zero-order valence-electron chi connectivity index (χ0n) is 19.6. The van der Waals surface area contributed by atoms with Crippen molar-refractivity contribution >= 4 is 28.4 Å². The van der Waals surface area contributed by atoms with Gasteiger partial charge in [-0.05, 0) is 49.1 Å². The SMILES string of the molecule is Cc1[nH]c2ccccc2c1C1c2ccccc2C(=O)N1C(CC(C)C)C(=O)Nc1cccnc1. The van der Waals surface area contributed by atoms with Gasteiger partial charge in [0.25, 0.3) is 5.91 Å². The van der Waals surface area contributed by atoms with Crippen LogP contribution < -0.4 is 5.32 Å². The van der Waals surface area contributed by atoms with Gasteiger partial charge in [-0.3, -0.25) is 14.6 Å². The summed E-state index contributed by atoms with van der Waals surface area (Å²) in [6.07, 6.45) is 3.83. The lowest BCUT2D eigenvalue weighted by atomic mass is 9.93. The molecule has 1 aliphatic rings. The van der Waals surface area contributed by atoms with E-state index in [1.54, 1.807) is 29.4 Å². The summed E-state index contributed by atoms with van der Waals surface area (Å²) in [5.41, 5.74) is 5.26. The molecule has 0 bridgehead atoms. The Kier molecular flexibility index (Phi) is 5.65. The van der Waals surface area contributed by atoms with Crippen LogP contribution in [-0.2, 0) is 4.79 Å². The number of nitrogens with zero attached hydrogens (tertiary/aromatic N) is 2. The highest BCUT2D eigenvalue weighted by Gasteiger charge is 2.45. The average molecular weight is 453 g/mol. The number of benzene rings is 2. The van der Waals surface area contributed by atoms with Crippen LogP contribution in [0.5, 0.6) is 0 Å². The molecule has 1 aliphatic heterocycles. The highest BCUT2D eigenvalue weighted by molar-refractivity contribution is 6.05. The zero-order chi connectivity index (χ0) is 23.8. The molecule has 0 aliphatic carbocycles. The van der Waals surface area contributed by atoms with E-state index in [1.165, 1.54) is 0 Å². The van der Waals surface area contributed by atoms with Crippen molar-refractivity contribution < 1.29 is 9.59 Å². The fourth-order valence-electron chi connectivity index (χ4n) is 5.06. The van der Waals surface area contributed by atoms with Crippen LogP contribution in [0.3, 0.4) is 0 Å². The third-order valence-electron chi connectivity index (χ3n) is 6.48. The Balaban J connectivity index is 1.65. The minimum absolute atomic E-state index is 0.114. The fourth-order valence-corrected chi connectivity index (χ4v) is 5.06. The van der Waals surface area contributed by atoms with Crippen molar-refractivity contribution in [2.45, 2.75) is 39.3 Å². The van der Waals surface area contributed by atoms with Crippen molar-refractivity contribution in [2.24, 2.45) is 5.92 Å². The molecule has 2 atom stereocenters. The molecule has 0 fully saturated rings. The summed E-state index contributed by atoms with van der Waals surface area (Å²) in [7, 11) is 0. The summed E-state index contributed by atoms with van der Waals surface area (Å²) in [4.78, 5) is 36.9. The first-order valence-electron chi connectivity index (χ1n) is 11.7.